The van der Waals surface area contributed by atoms with Crippen molar-refractivity contribution in [3.05, 3.63) is 57.8 Å². The van der Waals surface area contributed by atoms with Crippen molar-refractivity contribution in [3.63, 3.8) is 0 Å². The van der Waals surface area contributed by atoms with Crippen LogP contribution < -0.4 is 5.32 Å². The Kier molecular flexibility index (Phi) is 4.90. The van der Waals surface area contributed by atoms with E-state index in [1.807, 2.05) is 0 Å². The van der Waals surface area contributed by atoms with Gasteiger partial charge in [0, 0.05) is 6.54 Å². The summed E-state index contributed by atoms with van der Waals surface area (Å²) >= 11 is 0. The topological polar surface area (TPSA) is 12.0 Å². The minimum Gasteiger partial charge on any atom is -0.315 e. The molecule has 1 aromatic carbocycles. The third-order valence-electron chi connectivity index (χ3n) is 5.11. The van der Waals surface area contributed by atoms with Gasteiger partial charge >= 0.3 is 0 Å². The number of allylic oxidation sites excluding steroid dienone is 4. The Labute approximate surface area is 131 Å². The zero-order valence-electron chi connectivity index (χ0n) is 14.4. The molecule has 1 aliphatic carbocycles. The van der Waals surface area contributed by atoms with E-state index in [2.05, 4.69) is 76.4 Å². The van der Waals surface area contributed by atoms with E-state index in [9.17, 15) is 0 Å². The normalized spacial score (nSPS) is 19.6. The predicted molar refractivity (Wildman–Crippen MR) is 95.9 cm³/mol. The molecule has 0 bridgehead atoms. The number of rotatable bonds is 5. The summed E-state index contributed by atoms with van der Waals surface area (Å²) in [5.74, 6) is 0.644. The fourth-order valence-corrected chi connectivity index (χ4v) is 7.20. The molecular formula is C19H29NSi. The molecule has 1 N–H and O–H groups in total. The van der Waals surface area contributed by atoms with E-state index < -0.39 is 8.07 Å². The first-order valence-corrected chi connectivity index (χ1v) is 11.2. The van der Waals surface area contributed by atoms with Crippen molar-refractivity contribution in [2.45, 2.75) is 47.3 Å². The smallest absolute Gasteiger partial charge is 0.0906 e. The minimum atomic E-state index is -1.41. The fraction of sp³-hybridized carbons (Fsp3) is 0.474. The number of hydrogen-bond acceptors (Lipinski definition) is 1. The third-order valence-corrected chi connectivity index (χ3v) is 8.51. The van der Waals surface area contributed by atoms with Crippen LogP contribution in [0.1, 0.15) is 33.3 Å². The third kappa shape index (κ3) is 3.38. The fourth-order valence-electron chi connectivity index (χ4n) is 3.67. The first-order valence-electron chi connectivity index (χ1n) is 7.98. The Morgan fingerprint density at radius 1 is 1.00 bits per heavy atom. The molecular weight excluding hydrogens is 270 g/mol. The van der Waals surface area contributed by atoms with Crippen molar-refractivity contribution >= 4 is 8.07 Å². The van der Waals surface area contributed by atoms with Crippen molar-refractivity contribution in [1.82, 2.24) is 5.32 Å². The Hall–Kier alpha value is -1.12. The second-order valence-corrected chi connectivity index (χ2v) is 11.7. The Balaban J connectivity index is 2.03. The molecule has 0 fully saturated rings. The highest BCUT2D eigenvalue weighted by atomic mass is 28.3. The number of hydrogen-bond donors (Lipinski definition) is 1. The zero-order chi connectivity index (χ0) is 15.6. The highest BCUT2D eigenvalue weighted by molar-refractivity contribution is 6.84. The highest BCUT2D eigenvalue weighted by Crippen LogP contribution is 2.40. The van der Waals surface area contributed by atoms with Crippen LogP contribution in [0.5, 0.6) is 0 Å². The molecule has 1 unspecified atom stereocenters. The Bertz CT molecular complexity index is 566. The lowest BCUT2D eigenvalue weighted by Crippen LogP contribution is -2.43. The summed E-state index contributed by atoms with van der Waals surface area (Å²) in [5.41, 5.74) is 6.04. The monoisotopic (exact) mass is 299 g/mol. The van der Waals surface area contributed by atoms with E-state index in [0.717, 1.165) is 12.7 Å². The molecule has 0 amide bonds. The van der Waals surface area contributed by atoms with Crippen LogP contribution in [-0.2, 0) is 6.54 Å². The van der Waals surface area contributed by atoms with E-state index in [4.69, 9.17) is 0 Å². The van der Waals surface area contributed by atoms with E-state index in [1.54, 1.807) is 16.3 Å². The lowest BCUT2D eigenvalue weighted by atomic mass is 10.1. The minimum absolute atomic E-state index is 0.644. The van der Waals surface area contributed by atoms with Crippen LogP contribution in [0.2, 0.25) is 13.1 Å². The van der Waals surface area contributed by atoms with Crippen LogP contribution in [0, 0.1) is 5.92 Å². The molecule has 0 saturated heterocycles. The molecule has 1 aliphatic rings. The Morgan fingerprint density at radius 3 is 2.14 bits per heavy atom. The van der Waals surface area contributed by atoms with Gasteiger partial charge < -0.3 is 5.32 Å². The molecule has 2 rings (SSSR count). The zero-order valence-corrected chi connectivity index (χ0v) is 15.4. The SMILES string of the molecule is CC1=C(C)C(C)C([Si](C)(C)CNCc2ccccc2)=C1C. The van der Waals surface area contributed by atoms with Crippen LogP contribution in [0.4, 0.5) is 0 Å². The lowest BCUT2D eigenvalue weighted by Gasteiger charge is -2.30. The summed E-state index contributed by atoms with van der Waals surface area (Å²) in [5, 5.41) is 5.45. The van der Waals surface area contributed by atoms with Gasteiger partial charge in [0.15, 0.2) is 0 Å². The summed E-state index contributed by atoms with van der Waals surface area (Å²) < 4.78 is 0. The predicted octanol–water partition coefficient (Wildman–Crippen LogP) is 4.87. The second kappa shape index (κ2) is 6.33. The summed E-state index contributed by atoms with van der Waals surface area (Å²) in [7, 11) is -1.41. The van der Waals surface area contributed by atoms with Crippen LogP contribution in [0.15, 0.2) is 52.2 Å². The van der Waals surface area contributed by atoms with Gasteiger partial charge in [0.1, 0.15) is 0 Å². The lowest BCUT2D eigenvalue weighted by molar-refractivity contribution is 0.767. The molecule has 0 saturated carbocycles. The van der Waals surface area contributed by atoms with Crippen LogP contribution in [0.25, 0.3) is 0 Å². The van der Waals surface area contributed by atoms with Gasteiger partial charge in [0.05, 0.1) is 8.07 Å². The molecule has 0 aromatic heterocycles. The van der Waals surface area contributed by atoms with Crippen molar-refractivity contribution < 1.29 is 0 Å². The average molecular weight is 300 g/mol. The van der Waals surface area contributed by atoms with Gasteiger partial charge in [0.25, 0.3) is 0 Å². The van der Waals surface area contributed by atoms with Crippen LogP contribution in [-0.4, -0.2) is 14.2 Å². The van der Waals surface area contributed by atoms with Crippen molar-refractivity contribution in [1.29, 1.82) is 0 Å². The molecule has 114 valence electrons. The second-order valence-electron chi connectivity index (χ2n) is 7.04. The molecule has 1 nitrogen and oxygen atoms in total. The summed E-state index contributed by atoms with van der Waals surface area (Å²) in [6.07, 6.45) is 1.15. The molecule has 0 spiro atoms. The van der Waals surface area contributed by atoms with Crippen molar-refractivity contribution in [2.24, 2.45) is 5.92 Å². The van der Waals surface area contributed by atoms with Gasteiger partial charge in [-0.1, -0.05) is 66.7 Å². The average Bonchev–Trinajstić information content (AvgIpc) is 2.64. The van der Waals surface area contributed by atoms with Gasteiger partial charge in [-0.3, -0.25) is 0 Å². The van der Waals surface area contributed by atoms with Gasteiger partial charge in [-0.25, -0.2) is 0 Å². The highest BCUT2D eigenvalue weighted by Gasteiger charge is 2.35. The maximum absolute atomic E-state index is 3.70. The first kappa shape index (κ1) is 16.3. The standard InChI is InChI=1S/C19H29NSi/c1-14-15(2)17(4)19(16(14)3)21(5,6)13-20-12-18-10-8-7-9-11-18/h7-11,16,20H,12-13H2,1-6H3. The van der Waals surface area contributed by atoms with Crippen LogP contribution in [0.3, 0.4) is 0 Å². The number of nitrogens with one attached hydrogen (secondary N) is 1. The van der Waals surface area contributed by atoms with E-state index >= 15 is 0 Å². The first-order chi connectivity index (χ1) is 9.84. The van der Waals surface area contributed by atoms with Crippen molar-refractivity contribution in [3.8, 4) is 0 Å². The summed E-state index contributed by atoms with van der Waals surface area (Å²) in [6.45, 7) is 15.3. The summed E-state index contributed by atoms with van der Waals surface area (Å²) in [4.78, 5) is 0. The van der Waals surface area contributed by atoms with Crippen LogP contribution >= 0.6 is 0 Å². The quantitative estimate of drug-likeness (QED) is 0.765. The molecule has 0 radical (unpaired) electrons. The number of benzene rings is 1. The molecule has 1 atom stereocenters. The van der Waals surface area contributed by atoms with Gasteiger partial charge in [-0.2, -0.15) is 0 Å². The molecule has 1 aromatic rings. The molecule has 21 heavy (non-hydrogen) atoms. The van der Waals surface area contributed by atoms with Crippen molar-refractivity contribution in [2.75, 3.05) is 6.17 Å². The summed E-state index contributed by atoms with van der Waals surface area (Å²) in [6, 6.07) is 10.7. The largest absolute Gasteiger partial charge is 0.315 e. The van der Waals surface area contributed by atoms with Gasteiger partial charge in [0.2, 0.25) is 0 Å². The maximum Gasteiger partial charge on any atom is 0.0906 e. The van der Waals surface area contributed by atoms with E-state index in [1.165, 1.54) is 11.1 Å². The van der Waals surface area contributed by atoms with Gasteiger partial charge in [-0.05, 0) is 44.0 Å². The van der Waals surface area contributed by atoms with E-state index in [0.29, 0.717) is 5.92 Å². The molecule has 2 heteroatoms. The van der Waals surface area contributed by atoms with E-state index in [-0.39, 0.29) is 0 Å². The van der Waals surface area contributed by atoms with Gasteiger partial charge in [-0.15, -0.1) is 0 Å². The molecule has 0 aliphatic heterocycles. The maximum atomic E-state index is 3.70. The molecule has 0 heterocycles. The Morgan fingerprint density at radius 2 is 1.62 bits per heavy atom.